The van der Waals surface area contributed by atoms with Gasteiger partial charge in [-0.3, -0.25) is 9.59 Å². The lowest BCUT2D eigenvalue weighted by Gasteiger charge is -2.00. The standard InChI is InChI=1S/C12H11NO2/c1-8-3-4-11(9(2)14)7-10(8)5-6-12(13)15/h3-4,7H,1-2H3,(H2,13,15). The summed E-state index contributed by atoms with van der Waals surface area (Å²) in [6.45, 7) is 3.34. The lowest BCUT2D eigenvalue weighted by molar-refractivity contribution is -0.112. The number of primary amides is 1. The summed E-state index contributed by atoms with van der Waals surface area (Å²) in [6, 6.07) is 5.18. The van der Waals surface area contributed by atoms with Crippen LogP contribution >= 0.6 is 0 Å². The lowest BCUT2D eigenvalue weighted by Crippen LogP contribution is -2.06. The van der Waals surface area contributed by atoms with E-state index in [-0.39, 0.29) is 5.78 Å². The number of aryl methyl sites for hydroxylation is 1. The van der Waals surface area contributed by atoms with Gasteiger partial charge in [0.15, 0.2) is 5.78 Å². The summed E-state index contributed by atoms with van der Waals surface area (Å²) in [7, 11) is 0. The quantitative estimate of drug-likeness (QED) is 0.545. The van der Waals surface area contributed by atoms with E-state index < -0.39 is 5.91 Å². The summed E-state index contributed by atoms with van der Waals surface area (Å²) < 4.78 is 0. The van der Waals surface area contributed by atoms with Crippen LogP contribution in [0.1, 0.15) is 28.4 Å². The zero-order chi connectivity index (χ0) is 11.4. The summed E-state index contributed by atoms with van der Waals surface area (Å²) in [5.74, 6) is 4.17. The fourth-order valence-electron chi connectivity index (χ4n) is 1.10. The van der Waals surface area contributed by atoms with Crippen molar-refractivity contribution >= 4 is 11.7 Å². The van der Waals surface area contributed by atoms with E-state index in [1.807, 2.05) is 6.92 Å². The van der Waals surface area contributed by atoms with E-state index in [1.54, 1.807) is 18.2 Å². The number of rotatable bonds is 1. The minimum absolute atomic E-state index is 0.0304. The normalized spacial score (nSPS) is 8.93. The summed E-state index contributed by atoms with van der Waals surface area (Å²) in [6.07, 6.45) is 0. The third-order valence-electron chi connectivity index (χ3n) is 1.96. The largest absolute Gasteiger partial charge is 0.359 e. The molecule has 0 unspecified atom stereocenters. The van der Waals surface area contributed by atoms with Gasteiger partial charge in [0.2, 0.25) is 0 Å². The van der Waals surface area contributed by atoms with Gasteiger partial charge in [-0.2, -0.15) is 0 Å². The molecule has 0 radical (unpaired) electrons. The zero-order valence-electron chi connectivity index (χ0n) is 8.63. The molecule has 0 saturated heterocycles. The van der Waals surface area contributed by atoms with Crippen molar-refractivity contribution in [1.29, 1.82) is 0 Å². The van der Waals surface area contributed by atoms with Crippen LogP contribution in [0.2, 0.25) is 0 Å². The maximum absolute atomic E-state index is 11.1. The molecular formula is C12H11NO2. The van der Waals surface area contributed by atoms with Crippen molar-refractivity contribution in [1.82, 2.24) is 0 Å². The van der Waals surface area contributed by atoms with Crippen LogP contribution in [-0.2, 0) is 4.79 Å². The third kappa shape index (κ3) is 2.96. The number of nitrogens with two attached hydrogens (primary N) is 1. The SMILES string of the molecule is CC(=O)c1ccc(C)c(C#CC(N)=O)c1. The number of carbonyl (C=O) groups is 2. The number of hydrogen-bond acceptors (Lipinski definition) is 2. The van der Waals surface area contributed by atoms with Crippen molar-refractivity contribution in [3.05, 3.63) is 34.9 Å². The molecule has 76 valence electrons. The van der Waals surface area contributed by atoms with Crippen molar-refractivity contribution in [3.8, 4) is 11.8 Å². The van der Waals surface area contributed by atoms with Crippen molar-refractivity contribution in [2.24, 2.45) is 5.73 Å². The summed E-state index contributed by atoms with van der Waals surface area (Å²) >= 11 is 0. The van der Waals surface area contributed by atoms with Crippen LogP contribution in [0.25, 0.3) is 0 Å². The predicted molar refractivity (Wildman–Crippen MR) is 57.3 cm³/mol. The van der Waals surface area contributed by atoms with Gasteiger partial charge >= 0.3 is 0 Å². The number of benzene rings is 1. The first-order chi connectivity index (χ1) is 7.00. The van der Waals surface area contributed by atoms with E-state index in [0.717, 1.165) is 5.56 Å². The number of carbonyl (C=O) groups excluding carboxylic acids is 2. The van der Waals surface area contributed by atoms with Gasteiger partial charge in [0, 0.05) is 11.1 Å². The number of hydrogen-bond donors (Lipinski definition) is 1. The van der Waals surface area contributed by atoms with E-state index in [1.165, 1.54) is 6.92 Å². The van der Waals surface area contributed by atoms with Crippen LogP contribution in [0.3, 0.4) is 0 Å². The minimum Gasteiger partial charge on any atom is -0.359 e. The molecule has 1 rings (SSSR count). The van der Waals surface area contributed by atoms with Crippen LogP contribution < -0.4 is 5.73 Å². The van der Waals surface area contributed by atoms with Crippen LogP contribution in [0.15, 0.2) is 18.2 Å². The van der Waals surface area contributed by atoms with Crippen molar-refractivity contribution in [3.63, 3.8) is 0 Å². The number of ketones is 1. The van der Waals surface area contributed by atoms with Crippen molar-refractivity contribution in [2.75, 3.05) is 0 Å². The molecule has 1 amide bonds. The summed E-state index contributed by atoms with van der Waals surface area (Å²) in [4.78, 5) is 21.6. The Balaban J connectivity index is 3.18. The molecule has 0 bridgehead atoms. The molecule has 1 aromatic carbocycles. The van der Waals surface area contributed by atoms with Crippen LogP contribution in [0.5, 0.6) is 0 Å². The molecule has 3 nitrogen and oxygen atoms in total. The molecule has 0 aromatic heterocycles. The predicted octanol–water partition coefficient (Wildman–Crippen LogP) is 1.03. The van der Waals surface area contributed by atoms with Crippen molar-refractivity contribution < 1.29 is 9.59 Å². The van der Waals surface area contributed by atoms with E-state index >= 15 is 0 Å². The maximum atomic E-state index is 11.1. The first-order valence-corrected chi connectivity index (χ1v) is 4.43. The highest BCUT2D eigenvalue weighted by atomic mass is 16.1. The molecule has 2 N–H and O–H groups in total. The van der Waals surface area contributed by atoms with Gasteiger partial charge in [-0.1, -0.05) is 18.1 Å². The van der Waals surface area contributed by atoms with Crippen molar-refractivity contribution in [2.45, 2.75) is 13.8 Å². The fourth-order valence-corrected chi connectivity index (χ4v) is 1.10. The molecule has 0 aliphatic rings. The molecule has 0 spiro atoms. The Morgan fingerprint density at radius 3 is 2.53 bits per heavy atom. The second kappa shape index (κ2) is 4.43. The fraction of sp³-hybridized carbons (Fsp3) is 0.167. The molecule has 1 aromatic rings. The molecule has 0 heterocycles. The molecular weight excluding hydrogens is 190 g/mol. The van der Waals surface area contributed by atoms with Gasteiger partial charge in [-0.15, -0.1) is 0 Å². The molecule has 0 atom stereocenters. The molecule has 0 fully saturated rings. The van der Waals surface area contributed by atoms with E-state index in [9.17, 15) is 9.59 Å². The molecule has 3 heteroatoms. The average molecular weight is 201 g/mol. The van der Waals surface area contributed by atoms with Gasteiger partial charge in [-0.25, -0.2) is 0 Å². The van der Waals surface area contributed by atoms with Gasteiger partial charge in [0.1, 0.15) is 0 Å². The first-order valence-electron chi connectivity index (χ1n) is 4.43. The van der Waals surface area contributed by atoms with Gasteiger partial charge in [0.25, 0.3) is 5.91 Å². The summed E-state index contributed by atoms with van der Waals surface area (Å²) in [5, 5.41) is 0. The average Bonchev–Trinajstić information content (AvgIpc) is 2.16. The Kier molecular flexibility index (Phi) is 3.25. The molecule has 0 saturated carbocycles. The number of Topliss-reactive ketones (excluding diaryl/α,β-unsaturated/α-hetero) is 1. The monoisotopic (exact) mass is 201 g/mol. The Hall–Kier alpha value is -2.08. The Morgan fingerprint density at radius 2 is 2.00 bits per heavy atom. The summed E-state index contributed by atoms with van der Waals surface area (Å²) in [5.41, 5.74) is 7.05. The van der Waals surface area contributed by atoms with Gasteiger partial charge < -0.3 is 5.73 Å². The van der Waals surface area contributed by atoms with E-state index in [2.05, 4.69) is 11.8 Å². The molecule has 0 aliphatic heterocycles. The topological polar surface area (TPSA) is 60.2 Å². The van der Waals surface area contributed by atoms with Crippen LogP contribution in [0, 0.1) is 18.8 Å². The second-order valence-electron chi connectivity index (χ2n) is 3.20. The van der Waals surface area contributed by atoms with Crippen LogP contribution in [-0.4, -0.2) is 11.7 Å². The maximum Gasteiger partial charge on any atom is 0.293 e. The Bertz CT molecular complexity index is 478. The second-order valence-corrected chi connectivity index (χ2v) is 3.20. The Morgan fingerprint density at radius 1 is 1.33 bits per heavy atom. The molecule has 0 aliphatic carbocycles. The lowest BCUT2D eigenvalue weighted by atomic mass is 10.0. The zero-order valence-corrected chi connectivity index (χ0v) is 8.63. The number of amides is 1. The third-order valence-corrected chi connectivity index (χ3v) is 1.96. The Labute approximate surface area is 88.3 Å². The van der Waals surface area contributed by atoms with Gasteiger partial charge in [0.05, 0.1) is 0 Å². The van der Waals surface area contributed by atoms with Gasteiger partial charge in [-0.05, 0) is 31.4 Å². The van der Waals surface area contributed by atoms with Crippen LogP contribution in [0.4, 0.5) is 0 Å². The molecule has 15 heavy (non-hydrogen) atoms. The smallest absolute Gasteiger partial charge is 0.293 e. The van der Waals surface area contributed by atoms with E-state index in [4.69, 9.17) is 5.73 Å². The van der Waals surface area contributed by atoms with E-state index in [0.29, 0.717) is 11.1 Å². The first kappa shape index (κ1) is 11.0. The highest BCUT2D eigenvalue weighted by molar-refractivity contribution is 5.95. The minimum atomic E-state index is -0.678. The highest BCUT2D eigenvalue weighted by Crippen LogP contribution is 2.10. The highest BCUT2D eigenvalue weighted by Gasteiger charge is 2.01.